The zero-order chi connectivity index (χ0) is 7.42. The van der Waals surface area contributed by atoms with Gasteiger partial charge < -0.3 is 0 Å². The van der Waals surface area contributed by atoms with E-state index in [1.807, 2.05) is 0 Å². The van der Waals surface area contributed by atoms with Gasteiger partial charge in [-0.3, -0.25) is 0 Å². The molecule has 58 valence electrons. The van der Waals surface area contributed by atoms with Crippen molar-refractivity contribution < 1.29 is 0 Å². The predicted octanol–water partition coefficient (Wildman–Crippen LogP) is 2.77. The Morgan fingerprint density at radius 2 is 2.36 bits per heavy atom. The van der Waals surface area contributed by atoms with Gasteiger partial charge in [0, 0.05) is 0 Å². The van der Waals surface area contributed by atoms with Crippen LogP contribution >= 0.6 is 0 Å². The van der Waals surface area contributed by atoms with E-state index >= 15 is 0 Å². The first kappa shape index (κ1) is 6.05. The molecule has 0 aromatic heterocycles. The summed E-state index contributed by atoms with van der Waals surface area (Å²) in [6.45, 7) is 4.16. The standard InChI is InChI=1S/C11H14/c1-7-5-8-6-11(7)10-4-2-3-9(8)10/h2,4,8-11H,1,3,5-6H2. The molecule has 0 aliphatic heterocycles. The SMILES string of the molecule is C=C1CC2CC1C1C=CCC21. The molecule has 2 fully saturated rings. The summed E-state index contributed by atoms with van der Waals surface area (Å²) in [5.74, 6) is 3.81. The first-order chi connectivity index (χ1) is 5.36. The van der Waals surface area contributed by atoms with Gasteiger partial charge in [0.15, 0.2) is 0 Å². The maximum absolute atomic E-state index is 4.16. The molecule has 0 amide bonds. The Kier molecular flexibility index (Phi) is 0.988. The van der Waals surface area contributed by atoms with E-state index in [0.717, 1.165) is 23.7 Å². The van der Waals surface area contributed by atoms with E-state index in [0.29, 0.717) is 0 Å². The molecule has 0 nitrogen and oxygen atoms in total. The lowest BCUT2D eigenvalue weighted by Crippen LogP contribution is -2.17. The Hall–Kier alpha value is -0.520. The van der Waals surface area contributed by atoms with Gasteiger partial charge in [-0.05, 0) is 42.9 Å². The van der Waals surface area contributed by atoms with Gasteiger partial charge in [0.25, 0.3) is 0 Å². The Bertz CT molecular complexity index is 236. The van der Waals surface area contributed by atoms with Gasteiger partial charge in [0.2, 0.25) is 0 Å². The Morgan fingerprint density at radius 3 is 3.27 bits per heavy atom. The summed E-state index contributed by atoms with van der Waals surface area (Å²) in [5, 5.41) is 0. The minimum Gasteiger partial charge on any atom is -0.0995 e. The highest BCUT2D eigenvalue weighted by Gasteiger charge is 2.48. The molecule has 0 radical (unpaired) electrons. The van der Waals surface area contributed by atoms with Gasteiger partial charge in [-0.15, -0.1) is 0 Å². The maximum Gasteiger partial charge on any atom is -0.0134 e. The molecule has 0 aromatic carbocycles. The van der Waals surface area contributed by atoms with Gasteiger partial charge in [0.05, 0.1) is 0 Å². The van der Waals surface area contributed by atoms with Crippen molar-refractivity contribution in [3.63, 3.8) is 0 Å². The minimum atomic E-state index is 0.878. The number of hydrogen-bond acceptors (Lipinski definition) is 0. The van der Waals surface area contributed by atoms with E-state index in [1.165, 1.54) is 19.3 Å². The quantitative estimate of drug-likeness (QED) is 0.461. The third-order valence-corrected chi connectivity index (χ3v) is 3.94. The number of hydrogen-bond donors (Lipinski definition) is 0. The molecule has 4 unspecified atom stereocenters. The highest BCUT2D eigenvalue weighted by atomic mass is 14.5. The molecule has 0 N–H and O–H groups in total. The van der Waals surface area contributed by atoms with Crippen LogP contribution in [0, 0.1) is 23.7 Å². The van der Waals surface area contributed by atoms with Crippen LogP contribution in [0.4, 0.5) is 0 Å². The van der Waals surface area contributed by atoms with Crippen LogP contribution in [0.2, 0.25) is 0 Å². The molecule has 3 aliphatic rings. The fourth-order valence-corrected chi connectivity index (χ4v) is 3.45. The normalized spacial score (nSPS) is 52.2. The lowest BCUT2D eigenvalue weighted by molar-refractivity contribution is 0.330. The van der Waals surface area contributed by atoms with E-state index in [2.05, 4.69) is 18.7 Å². The maximum atomic E-state index is 4.16. The summed E-state index contributed by atoms with van der Waals surface area (Å²) >= 11 is 0. The predicted molar refractivity (Wildman–Crippen MR) is 46.1 cm³/mol. The molecule has 2 bridgehead atoms. The average molecular weight is 146 g/mol. The van der Waals surface area contributed by atoms with E-state index in [1.54, 1.807) is 5.57 Å². The summed E-state index contributed by atoms with van der Waals surface area (Å²) in [5.41, 5.74) is 1.54. The zero-order valence-electron chi connectivity index (χ0n) is 6.79. The van der Waals surface area contributed by atoms with Crippen molar-refractivity contribution in [2.75, 3.05) is 0 Å². The van der Waals surface area contributed by atoms with Crippen LogP contribution in [0.5, 0.6) is 0 Å². The van der Waals surface area contributed by atoms with Crippen LogP contribution < -0.4 is 0 Å². The first-order valence-electron chi connectivity index (χ1n) is 4.70. The molecule has 4 atom stereocenters. The molecule has 11 heavy (non-hydrogen) atoms. The largest absolute Gasteiger partial charge is 0.0995 e. The Labute approximate surface area is 68.0 Å². The van der Waals surface area contributed by atoms with Gasteiger partial charge in [0.1, 0.15) is 0 Å². The lowest BCUT2D eigenvalue weighted by Gasteiger charge is -2.25. The zero-order valence-corrected chi connectivity index (χ0v) is 6.79. The van der Waals surface area contributed by atoms with E-state index in [9.17, 15) is 0 Å². The van der Waals surface area contributed by atoms with Crippen LogP contribution in [-0.4, -0.2) is 0 Å². The Morgan fingerprint density at radius 1 is 1.45 bits per heavy atom. The second-order valence-corrected chi connectivity index (χ2v) is 4.37. The summed E-state index contributed by atoms with van der Waals surface area (Å²) in [7, 11) is 0. The van der Waals surface area contributed by atoms with Crippen molar-refractivity contribution in [1.29, 1.82) is 0 Å². The lowest BCUT2D eigenvalue weighted by atomic mass is 9.79. The van der Waals surface area contributed by atoms with Crippen LogP contribution in [-0.2, 0) is 0 Å². The van der Waals surface area contributed by atoms with Gasteiger partial charge in [-0.1, -0.05) is 24.3 Å². The molecule has 0 saturated heterocycles. The van der Waals surface area contributed by atoms with Crippen molar-refractivity contribution in [1.82, 2.24) is 0 Å². The molecule has 3 aliphatic carbocycles. The van der Waals surface area contributed by atoms with Crippen LogP contribution in [0.25, 0.3) is 0 Å². The van der Waals surface area contributed by atoms with Crippen molar-refractivity contribution in [3.05, 3.63) is 24.3 Å². The first-order valence-corrected chi connectivity index (χ1v) is 4.70. The fourth-order valence-electron chi connectivity index (χ4n) is 3.45. The van der Waals surface area contributed by atoms with Crippen molar-refractivity contribution in [2.45, 2.75) is 19.3 Å². The molecular formula is C11H14. The molecule has 0 heteroatoms. The molecule has 3 rings (SSSR count). The minimum absolute atomic E-state index is 0.878. The monoisotopic (exact) mass is 146 g/mol. The second kappa shape index (κ2) is 1.80. The fraction of sp³-hybridized carbons (Fsp3) is 0.636. The van der Waals surface area contributed by atoms with Crippen molar-refractivity contribution >= 4 is 0 Å². The van der Waals surface area contributed by atoms with Crippen LogP contribution in [0.15, 0.2) is 24.3 Å². The van der Waals surface area contributed by atoms with Crippen LogP contribution in [0.3, 0.4) is 0 Å². The molecular weight excluding hydrogens is 132 g/mol. The van der Waals surface area contributed by atoms with E-state index in [-0.39, 0.29) is 0 Å². The summed E-state index contributed by atoms with van der Waals surface area (Å²) < 4.78 is 0. The van der Waals surface area contributed by atoms with Gasteiger partial charge in [-0.25, -0.2) is 0 Å². The van der Waals surface area contributed by atoms with E-state index in [4.69, 9.17) is 0 Å². The second-order valence-electron chi connectivity index (χ2n) is 4.37. The van der Waals surface area contributed by atoms with Crippen LogP contribution in [0.1, 0.15) is 19.3 Å². The highest BCUT2D eigenvalue weighted by Crippen LogP contribution is 2.58. The smallest absolute Gasteiger partial charge is 0.0134 e. The molecule has 0 heterocycles. The van der Waals surface area contributed by atoms with Crippen molar-refractivity contribution in [3.8, 4) is 0 Å². The summed E-state index contributed by atoms with van der Waals surface area (Å²) in [4.78, 5) is 0. The van der Waals surface area contributed by atoms with Crippen molar-refractivity contribution in [2.24, 2.45) is 23.7 Å². The summed E-state index contributed by atoms with van der Waals surface area (Å²) in [6, 6.07) is 0. The topological polar surface area (TPSA) is 0 Å². The summed E-state index contributed by atoms with van der Waals surface area (Å²) in [6.07, 6.45) is 8.98. The molecule has 0 aromatic rings. The highest BCUT2D eigenvalue weighted by molar-refractivity contribution is 5.24. The van der Waals surface area contributed by atoms with Gasteiger partial charge >= 0.3 is 0 Å². The number of rotatable bonds is 0. The third kappa shape index (κ3) is 0.610. The molecule has 2 saturated carbocycles. The molecule has 0 spiro atoms. The number of allylic oxidation sites excluding steroid dienone is 3. The third-order valence-electron chi connectivity index (χ3n) is 3.94. The van der Waals surface area contributed by atoms with Gasteiger partial charge in [-0.2, -0.15) is 0 Å². The number of fused-ring (bicyclic) bond motifs is 5. The Balaban J connectivity index is 2.00. The van der Waals surface area contributed by atoms with E-state index < -0.39 is 0 Å². The average Bonchev–Trinajstić information content (AvgIpc) is 2.52.